The van der Waals surface area contributed by atoms with E-state index in [1.807, 2.05) is 18.2 Å². The molecule has 3 heterocycles. The number of nitrogens with zero attached hydrogens (tertiary/aromatic N) is 5. The zero-order valence-corrected chi connectivity index (χ0v) is 11.0. The van der Waals surface area contributed by atoms with Crippen molar-refractivity contribution in [1.29, 1.82) is 0 Å². The van der Waals surface area contributed by atoms with Gasteiger partial charge in [-0.25, -0.2) is 8.78 Å². The number of hydrogen-bond donors (Lipinski definition) is 2. The van der Waals surface area contributed by atoms with Gasteiger partial charge in [0.25, 0.3) is 6.43 Å². The first kappa shape index (κ1) is 12.6. The van der Waals surface area contributed by atoms with Gasteiger partial charge in [-0.3, -0.25) is 5.10 Å². The largest absolute Gasteiger partial charge is 0.339 e. The van der Waals surface area contributed by atoms with Crippen LogP contribution < -0.4 is 5.32 Å². The molecule has 0 spiro atoms. The molecule has 0 bridgehead atoms. The van der Waals surface area contributed by atoms with E-state index in [4.69, 9.17) is 0 Å². The Hall–Kier alpha value is -3.10. The lowest BCUT2D eigenvalue weighted by atomic mass is 10.2. The van der Waals surface area contributed by atoms with Gasteiger partial charge < -0.3 is 5.32 Å². The molecule has 0 atom stereocenters. The van der Waals surface area contributed by atoms with Crippen LogP contribution in [-0.4, -0.2) is 30.0 Å². The van der Waals surface area contributed by atoms with Gasteiger partial charge in [-0.2, -0.15) is 9.61 Å². The number of fused-ring (bicyclic) bond motifs is 2. The Kier molecular flexibility index (Phi) is 2.71. The average Bonchev–Trinajstić information content (AvgIpc) is 3.12. The van der Waals surface area contributed by atoms with Gasteiger partial charge in [0.2, 0.25) is 5.82 Å². The summed E-state index contributed by atoms with van der Waals surface area (Å²) in [5.41, 5.74) is 1.95. The number of rotatable bonds is 3. The second kappa shape index (κ2) is 4.72. The standard InChI is InChI=1S/C13H9F2N7/c14-12(15)13-20-19-11-4-3-10(21-22(11)13)17-8-1-2-9-7(5-8)6-16-18-9/h1-6,12H,(H,16,18)(H,17,21). The number of nitrogens with one attached hydrogen (secondary N) is 2. The van der Waals surface area contributed by atoms with Crippen LogP contribution in [0.15, 0.2) is 36.5 Å². The predicted octanol–water partition coefficient (Wildman–Crippen LogP) is 2.68. The first-order chi connectivity index (χ1) is 10.7. The molecule has 4 rings (SSSR count). The average molecular weight is 301 g/mol. The Morgan fingerprint density at radius 2 is 2.05 bits per heavy atom. The van der Waals surface area contributed by atoms with Crippen LogP contribution in [-0.2, 0) is 0 Å². The summed E-state index contributed by atoms with van der Waals surface area (Å²) in [7, 11) is 0. The topological polar surface area (TPSA) is 83.8 Å². The van der Waals surface area contributed by atoms with Crippen molar-refractivity contribution in [3.8, 4) is 0 Å². The van der Waals surface area contributed by atoms with Crippen LogP contribution in [0.2, 0.25) is 0 Å². The first-order valence-corrected chi connectivity index (χ1v) is 6.41. The minimum absolute atomic E-state index is 0.270. The zero-order valence-electron chi connectivity index (χ0n) is 11.0. The van der Waals surface area contributed by atoms with Crippen molar-refractivity contribution in [2.45, 2.75) is 6.43 Å². The molecule has 0 aliphatic carbocycles. The van der Waals surface area contributed by atoms with E-state index in [9.17, 15) is 8.78 Å². The van der Waals surface area contributed by atoms with Crippen molar-refractivity contribution in [2.24, 2.45) is 0 Å². The number of benzene rings is 1. The van der Waals surface area contributed by atoms with E-state index >= 15 is 0 Å². The number of alkyl halides is 2. The molecule has 2 N–H and O–H groups in total. The van der Waals surface area contributed by atoms with E-state index in [2.05, 4.69) is 30.8 Å². The number of aromatic nitrogens is 6. The van der Waals surface area contributed by atoms with Gasteiger partial charge in [0.05, 0.1) is 11.7 Å². The summed E-state index contributed by atoms with van der Waals surface area (Å²) in [6.45, 7) is 0. The molecule has 0 saturated heterocycles. The van der Waals surface area contributed by atoms with Gasteiger partial charge in [-0.15, -0.1) is 15.3 Å². The second-order valence-corrected chi connectivity index (χ2v) is 4.64. The highest BCUT2D eigenvalue weighted by Crippen LogP contribution is 2.21. The summed E-state index contributed by atoms with van der Waals surface area (Å²) in [5.74, 6) is -0.0685. The molecule has 0 radical (unpaired) electrons. The molecule has 0 aliphatic heterocycles. The fourth-order valence-electron chi connectivity index (χ4n) is 2.18. The molecule has 0 unspecified atom stereocenters. The summed E-state index contributed by atoms with van der Waals surface area (Å²) >= 11 is 0. The van der Waals surface area contributed by atoms with Gasteiger partial charge in [0, 0.05) is 11.1 Å². The fraction of sp³-hybridized carbons (Fsp3) is 0.0769. The maximum atomic E-state index is 12.8. The quantitative estimate of drug-likeness (QED) is 0.608. The van der Waals surface area contributed by atoms with Crippen LogP contribution in [0.25, 0.3) is 16.6 Å². The lowest BCUT2D eigenvalue weighted by Gasteiger charge is -2.06. The predicted molar refractivity (Wildman–Crippen MR) is 75.1 cm³/mol. The van der Waals surface area contributed by atoms with Gasteiger partial charge >= 0.3 is 0 Å². The molecule has 9 heteroatoms. The molecule has 4 aromatic rings. The lowest BCUT2D eigenvalue weighted by Crippen LogP contribution is -2.02. The van der Waals surface area contributed by atoms with Gasteiger partial charge in [0.15, 0.2) is 11.5 Å². The summed E-state index contributed by atoms with van der Waals surface area (Å²) in [6, 6.07) is 8.81. The number of aromatic amines is 1. The second-order valence-electron chi connectivity index (χ2n) is 4.64. The maximum Gasteiger partial charge on any atom is 0.299 e. The van der Waals surface area contributed by atoms with Crippen molar-refractivity contribution >= 4 is 28.1 Å². The Morgan fingerprint density at radius 1 is 1.14 bits per heavy atom. The normalized spacial score (nSPS) is 11.6. The van der Waals surface area contributed by atoms with Crippen LogP contribution in [0.5, 0.6) is 0 Å². The lowest BCUT2D eigenvalue weighted by molar-refractivity contribution is 0.137. The van der Waals surface area contributed by atoms with E-state index in [1.54, 1.807) is 18.3 Å². The Labute approximate surface area is 122 Å². The first-order valence-electron chi connectivity index (χ1n) is 6.41. The van der Waals surface area contributed by atoms with E-state index in [1.165, 1.54) is 0 Å². The number of H-pyrrole nitrogens is 1. The summed E-state index contributed by atoms with van der Waals surface area (Å²) in [5, 5.41) is 22.0. The van der Waals surface area contributed by atoms with E-state index in [-0.39, 0.29) is 5.65 Å². The van der Waals surface area contributed by atoms with Crippen molar-refractivity contribution < 1.29 is 8.78 Å². The molecule has 0 saturated carbocycles. The highest BCUT2D eigenvalue weighted by molar-refractivity contribution is 5.82. The van der Waals surface area contributed by atoms with Crippen LogP contribution >= 0.6 is 0 Å². The number of halogens is 2. The third-order valence-electron chi connectivity index (χ3n) is 3.19. The van der Waals surface area contributed by atoms with Gasteiger partial charge in [-0.05, 0) is 30.3 Å². The van der Waals surface area contributed by atoms with Crippen LogP contribution in [0.4, 0.5) is 20.3 Å². The maximum absolute atomic E-state index is 12.8. The molecule has 0 aliphatic rings. The highest BCUT2D eigenvalue weighted by atomic mass is 19.3. The number of hydrogen-bond acceptors (Lipinski definition) is 5. The molecule has 22 heavy (non-hydrogen) atoms. The van der Waals surface area contributed by atoms with Crippen molar-refractivity contribution in [3.05, 3.63) is 42.4 Å². The van der Waals surface area contributed by atoms with Crippen molar-refractivity contribution in [3.63, 3.8) is 0 Å². The van der Waals surface area contributed by atoms with Crippen molar-refractivity contribution in [2.75, 3.05) is 5.32 Å². The summed E-state index contributed by atoms with van der Waals surface area (Å²) in [6.07, 6.45) is -1.04. The summed E-state index contributed by atoms with van der Waals surface area (Å²) < 4.78 is 26.7. The van der Waals surface area contributed by atoms with Crippen LogP contribution in [0, 0.1) is 0 Å². The van der Waals surface area contributed by atoms with Gasteiger partial charge in [0.1, 0.15) is 0 Å². The molecule has 7 nitrogen and oxygen atoms in total. The third kappa shape index (κ3) is 2.03. The fourth-order valence-corrected chi connectivity index (χ4v) is 2.18. The smallest absolute Gasteiger partial charge is 0.299 e. The molecule has 0 amide bonds. The molecular weight excluding hydrogens is 292 g/mol. The third-order valence-corrected chi connectivity index (χ3v) is 3.19. The molecule has 0 fully saturated rings. The molecular formula is C13H9F2N7. The van der Waals surface area contributed by atoms with Crippen LogP contribution in [0.3, 0.4) is 0 Å². The highest BCUT2D eigenvalue weighted by Gasteiger charge is 2.17. The number of anilines is 2. The van der Waals surface area contributed by atoms with E-state index in [0.717, 1.165) is 21.1 Å². The Balaban J connectivity index is 1.72. The Morgan fingerprint density at radius 3 is 2.91 bits per heavy atom. The minimum Gasteiger partial charge on any atom is -0.339 e. The molecule has 1 aromatic carbocycles. The molecule has 3 aromatic heterocycles. The molecule has 110 valence electrons. The minimum atomic E-state index is -2.74. The van der Waals surface area contributed by atoms with Gasteiger partial charge in [-0.1, -0.05) is 0 Å². The summed E-state index contributed by atoms with van der Waals surface area (Å²) in [4.78, 5) is 0. The van der Waals surface area contributed by atoms with Crippen LogP contribution in [0.1, 0.15) is 12.2 Å². The SMILES string of the molecule is FC(F)c1nnc2ccc(Nc3ccc4[nH]ncc4c3)nn12. The van der Waals surface area contributed by atoms with E-state index in [0.29, 0.717) is 5.82 Å². The zero-order chi connectivity index (χ0) is 15.1. The monoisotopic (exact) mass is 301 g/mol. The van der Waals surface area contributed by atoms with E-state index < -0.39 is 12.2 Å². The van der Waals surface area contributed by atoms with Crippen molar-refractivity contribution in [1.82, 2.24) is 30.0 Å². The Bertz CT molecular complexity index is 959.